The fraction of sp³-hybridized carbons (Fsp3) is 0.846. The highest BCUT2D eigenvalue weighted by molar-refractivity contribution is 5.01. The van der Waals surface area contributed by atoms with Gasteiger partial charge >= 0.3 is 0 Å². The molecular weight excluding hydrogens is 172 g/mol. The van der Waals surface area contributed by atoms with E-state index in [4.69, 9.17) is 6.42 Å². The molecule has 1 N–H and O–H groups in total. The van der Waals surface area contributed by atoms with Crippen LogP contribution in [0.3, 0.4) is 0 Å². The van der Waals surface area contributed by atoms with Crippen molar-refractivity contribution in [2.45, 2.75) is 45.1 Å². The maximum atomic E-state index is 9.90. The average Bonchev–Trinajstić information content (AvgIpc) is 2.62. The lowest BCUT2D eigenvalue weighted by atomic mass is 9.73. The number of aliphatic hydroxyl groups is 1. The first-order valence-electron chi connectivity index (χ1n) is 5.88. The predicted molar refractivity (Wildman–Crippen MR) is 57.6 cm³/mol. The van der Waals surface area contributed by atoms with Crippen molar-refractivity contribution in [2.75, 3.05) is 0 Å². The highest BCUT2D eigenvalue weighted by atomic mass is 16.3. The molecule has 2 saturated carbocycles. The van der Waals surface area contributed by atoms with Crippen molar-refractivity contribution < 1.29 is 5.11 Å². The normalized spacial score (nSPS) is 44.1. The maximum Gasteiger partial charge on any atom is 0.0571 e. The summed E-state index contributed by atoms with van der Waals surface area (Å²) in [7, 11) is 0. The zero-order valence-electron chi connectivity index (χ0n) is 8.95. The molecule has 78 valence electrons. The molecule has 5 atom stereocenters. The van der Waals surface area contributed by atoms with E-state index in [0.29, 0.717) is 23.7 Å². The Morgan fingerprint density at radius 3 is 2.71 bits per heavy atom. The molecule has 0 amide bonds. The van der Waals surface area contributed by atoms with Crippen LogP contribution in [-0.2, 0) is 0 Å². The van der Waals surface area contributed by atoms with E-state index in [9.17, 15) is 5.11 Å². The number of rotatable bonds is 1. The van der Waals surface area contributed by atoms with E-state index < -0.39 is 0 Å². The molecule has 0 aromatic rings. The minimum absolute atomic E-state index is 0.0382. The lowest BCUT2D eigenvalue weighted by Crippen LogP contribution is -2.32. The van der Waals surface area contributed by atoms with Crippen LogP contribution in [0.25, 0.3) is 0 Å². The molecule has 0 aliphatic heterocycles. The molecule has 1 heteroatoms. The highest BCUT2D eigenvalue weighted by Gasteiger charge is 2.43. The van der Waals surface area contributed by atoms with Crippen LogP contribution in [0.1, 0.15) is 39.0 Å². The van der Waals surface area contributed by atoms with Gasteiger partial charge in [0.1, 0.15) is 0 Å². The van der Waals surface area contributed by atoms with E-state index >= 15 is 0 Å². The van der Waals surface area contributed by atoms with Crippen LogP contribution in [-0.4, -0.2) is 11.2 Å². The molecular formula is C13H20O. The van der Waals surface area contributed by atoms with Gasteiger partial charge in [0.25, 0.3) is 0 Å². The van der Waals surface area contributed by atoms with Gasteiger partial charge in [-0.15, -0.1) is 12.3 Å². The van der Waals surface area contributed by atoms with Crippen molar-refractivity contribution >= 4 is 0 Å². The van der Waals surface area contributed by atoms with Crippen molar-refractivity contribution in [3.63, 3.8) is 0 Å². The van der Waals surface area contributed by atoms with Gasteiger partial charge in [0.15, 0.2) is 0 Å². The number of hydrogen-bond donors (Lipinski definition) is 1. The third-order valence-electron chi connectivity index (χ3n) is 4.37. The second-order valence-electron chi connectivity index (χ2n) is 5.02. The Morgan fingerprint density at radius 2 is 2.00 bits per heavy atom. The molecule has 1 nitrogen and oxygen atoms in total. The Balaban J connectivity index is 2.07. The van der Waals surface area contributed by atoms with Gasteiger partial charge < -0.3 is 5.11 Å². The standard InChI is InChI=1S/C13H20O/c1-3-9(2)10-7-8-12-11(10)5-4-6-13(12)14/h1,9-14H,4-8H2,2H3/t9-,10?,11?,12?,13?/m0/s1. The minimum atomic E-state index is -0.0382. The van der Waals surface area contributed by atoms with E-state index in [0.717, 1.165) is 6.42 Å². The van der Waals surface area contributed by atoms with Crippen LogP contribution in [0.5, 0.6) is 0 Å². The predicted octanol–water partition coefficient (Wildman–Crippen LogP) is 2.44. The molecule has 4 unspecified atom stereocenters. The molecule has 0 spiro atoms. The fourth-order valence-corrected chi connectivity index (χ4v) is 3.56. The Morgan fingerprint density at radius 1 is 1.21 bits per heavy atom. The topological polar surface area (TPSA) is 20.2 Å². The maximum absolute atomic E-state index is 9.90. The molecule has 2 fully saturated rings. The Hall–Kier alpha value is -0.480. The van der Waals surface area contributed by atoms with Gasteiger partial charge in [-0.3, -0.25) is 0 Å². The van der Waals surface area contributed by atoms with Crippen LogP contribution in [0.15, 0.2) is 0 Å². The number of fused-ring (bicyclic) bond motifs is 1. The third-order valence-corrected chi connectivity index (χ3v) is 4.37. The third kappa shape index (κ3) is 1.57. The van der Waals surface area contributed by atoms with Gasteiger partial charge in [0, 0.05) is 5.92 Å². The summed E-state index contributed by atoms with van der Waals surface area (Å²) in [6.45, 7) is 2.16. The van der Waals surface area contributed by atoms with Crippen LogP contribution in [0, 0.1) is 36.0 Å². The fourth-order valence-electron chi connectivity index (χ4n) is 3.56. The lowest BCUT2D eigenvalue weighted by molar-refractivity contribution is 0.0345. The first-order chi connectivity index (χ1) is 6.74. The zero-order chi connectivity index (χ0) is 10.1. The summed E-state index contributed by atoms with van der Waals surface area (Å²) in [5, 5.41) is 9.90. The average molecular weight is 192 g/mol. The van der Waals surface area contributed by atoms with Crippen LogP contribution >= 0.6 is 0 Å². The molecule has 14 heavy (non-hydrogen) atoms. The molecule has 0 aromatic carbocycles. The summed E-state index contributed by atoms with van der Waals surface area (Å²) in [6, 6.07) is 0. The monoisotopic (exact) mass is 192 g/mol. The first kappa shape index (κ1) is 10.1. The number of hydrogen-bond acceptors (Lipinski definition) is 1. The Labute approximate surface area is 86.9 Å². The Kier molecular flexibility index (Phi) is 2.83. The molecule has 0 heterocycles. The van der Waals surface area contributed by atoms with Crippen LogP contribution in [0.2, 0.25) is 0 Å². The summed E-state index contributed by atoms with van der Waals surface area (Å²) in [6.07, 6.45) is 11.4. The molecule has 0 bridgehead atoms. The van der Waals surface area contributed by atoms with Crippen LogP contribution in [0.4, 0.5) is 0 Å². The van der Waals surface area contributed by atoms with Crippen LogP contribution < -0.4 is 0 Å². The van der Waals surface area contributed by atoms with E-state index in [1.807, 2.05) is 0 Å². The first-order valence-corrected chi connectivity index (χ1v) is 5.88. The molecule has 0 aromatic heterocycles. The molecule has 2 aliphatic rings. The van der Waals surface area contributed by atoms with E-state index in [-0.39, 0.29) is 6.10 Å². The van der Waals surface area contributed by atoms with E-state index in [2.05, 4.69) is 12.8 Å². The SMILES string of the molecule is C#C[C@H](C)C1CCC2C(O)CCCC21. The van der Waals surface area contributed by atoms with Gasteiger partial charge in [-0.2, -0.15) is 0 Å². The van der Waals surface area contributed by atoms with Gasteiger partial charge in [-0.1, -0.05) is 13.3 Å². The second-order valence-corrected chi connectivity index (χ2v) is 5.02. The van der Waals surface area contributed by atoms with Crippen molar-refractivity contribution in [1.29, 1.82) is 0 Å². The summed E-state index contributed by atoms with van der Waals surface area (Å²) in [5.41, 5.74) is 0. The minimum Gasteiger partial charge on any atom is -0.393 e. The quantitative estimate of drug-likeness (QED) is 0.633. The van der Waals surface area contributed by atoms with Crippen molar-refractivity contribution in [3.05, 3.63) is 0 Å². The van der Waals surface area contributed by atoms with Gasteiger partial charge in [0.2, 0.25) is 0 Å². The van der Waals surface area contributed by atoms with Gasteiger partial charge in [0.05, 0.1) is 6.10 Å². The zero-order valence-corrected chi connectivity index (χ0v) is 8.95. The van der Waals surface area contributed by atoms with Crippen molar-refractivity contribution in [2.24, 2.45) is 23.7 Å². The summed E-state index contributed by atoms with van der Waals surface area (Å²) in [5.74, 6) is 5.22. The second kappa shape index (κ2) is 3.95. The molecule has 0 saturated heterocycles. The highest BCUT2D eigenvalue weighted by Crippen LogP contribution is 2.48. The van der Waals surface area contributed by atoms with Crippen molar-refractivity contribution in [1.82, 2.24) is 0 Å². The van der Waals surface area contributed by atoms with E-state index in [1.54, 1.807) is 0 Å². The summed E-state index contributed by atoms with van der Waals surface area (Å²) >= 11 is 0. The van der Waals surface area contributed by atoms with Crippen molar-refractivity contribution in [3.8, 4) is 12.3 Å². The molecule has 0 radical (unpaired) electrons. The number of terminal acetylenes is 1. The van der Waals surface area contributed by atoms with Gasteiger partial charge in [-0.05, 0) is 43.4 Å². The van der Waals surface area contributed by atoms with Gasteiger partial charge in [-0.25, -0.2) is 0 Å². The molecule has 2 rings (SSSR count). The molecule has 2 aliphatic carbocycles. The lowest BCUT2D eigenvalue weighted by Gasteiger charge is -2.34. The summed E-state index contributed by atoms with van der Waals surface area (Å²) < 4.78 is 0. The smallest absolute Gasteiger partial charge is 0.0571 e. The van der Waals surface area contributed by atoms with E-state index in [1.165, 1.54) is 25.7 Å². The largest absolute Gasteiger partial charge is 0.393 e. The number of aliphatic hydroxyl groups excluding tert-OH is 1. The summed E-state index contributed by atoms with van der Waals surface area (Å²) in [4.78, 5) is 0. The Bertz CT molecular complexity index is 240.